The molecule has 0 saturated heterocycles. The molecule has 1 amide bonds. The van der Waals surface area contributed by atoms with Crippen molar-refractivity contribution < 1.29 is 13.9 Å². The number of hydrogen-bond donors (Lipinski definition) is 2. The van der Waals surface area contributed by atoms with E-state index in [9.17, 15) is 9.18 Å². The van der Waals surface area contributed by atoms with E-state index in [2.05, 4.69) is 15.6 Å². The molecular formula is C26H27FN4O2. The van der Waals surface area contributed by atoms with Crippen molar-refractivity contribution >= 4 is 16.9 Å². The average molecular weight is 447 g/mol. The zero-order valence-electron chi connectivity index (χ0n) is 18.5. The third-order valence-corrected chi connectivity index (χ3v) is 5.58. The van der Waals surface area contributed by atoms with Crippen LogP contribution in [0.15, 0.2) is 79.1 Å². The number of nitrogens with one attached hydrogen (secondary N) is 2. The van der Waals surface area contributed by atoms with Crippen molar-refractivity contribution in [1.82, 2.24) is 20.2 Å². The highest BCUT2D eigenvalue weighted by Gasteiger charge is 2.16. The molecule has 0 aliphatic heterocycles. The van der Waals surface area contributed by atoms with Crippen molar-refractivity contribution in [3.8, 4) is 0 Å². The summed E-state index contributed by atoms with van der Waals surface area (Å²) in [6, 6.07) is 21.9. The van der Waals surface area contributed by atoms with Gasteiger partial charge in [-0.15, -0.1) is 0 Å². The molecule has 1 heterocycles. The van der Waals surface area contributed by atoms with Gasteiger partial charge >= 0.3 is 0 Å². The normalized spacial score (nSPS) is 12.1. The second-order valence-electron chi connectivity index (χ2n) is 7.85. The van der Waals surface area contributed by atoms with Crippen LogP contribution in [0.4, 0.5) is 4.39 Å². The van der Waals surface area contributed by atoms with Crippen molar-refractivity contribution in [2.24, 2.45) is 0 Å². The predicted octanol–water partition coefficient (Wildman–Crippen LogP) is 3.97. The molecular weight excluding hydrogens is 419 g/mol. The van der Waals surface area contributed by atoms with Crippen LogP contribution < -0.4 is 10.6 Å². The van der Waals surface area contributed by atoms with E-state index in [1.807, 2.05) is 53.1 Å². The van der Waals surface area contributed by atoms with Crippen LogP contribution in [0.3, 0.4) is 0 Å². The van der Waals surface area contributed by atoms with Gasteiger partial charge in [0.05, 0.1) is 36.6 Å². The summed E-state index contributed by atoms with van der Waals surface area (Å²) in [5.74, 6) is -0.414. The number of nitrogens with zero attached hydrogens (tertiary/aromatic N) is 2. The van der Waals surface area contributed by atoms with Gasteiger partial charge in [0.15, 0.2) is 0 Å². The number of rotatable bonds is 10. The summed E-state index contributed by atoms with van der Waals surface area (Å²) in [5, 5.41) is 6.29. The van der Waals surface area contributed by atoms with Crippen molar-refractivity contribution in [3.05, 3.63) is 102 Å². The zero-order chi connectivity index (χ0) is 23.0. The zero-order valence-corrected chi connectivity index (χ0v) is 18.5. The molecule has 33 heavy (non-hydrogen) atoms. The number of carbonyl (C=O) groups excluding carboxylic acids is 1. The Morgan fingerprint density at radius 1 is 1.03 bits per heavy atom. The molecule has 1 atom stereocenters. The maximum atomic E-state index is 13.5. The van der Waals surface area contributed by atoms with Gasteiger partial charge in [0.1, 0.15) is 5.82 Å². The number of halogens is 1. The molecule has 0 aliphatic carbocycles. The van der Waals surface area contributed by atoms with Crippen molar-refractivity contribution in [3.63, 3.8) is 0 Å². The van der Waals surface area contributed by atoms with Crippen molar-refractivity contribution in [2.45, 2.75) is 25.7 Å². The van der Waals surface area contributed by atoms with Crippen LogP contribution >= 0.6 is 0 Å². The molecule has 4 rings (SSSR count). The fourth-order valence-corrected chi connectivity index (χ4v) is 3.83. The lowest BCUT2D eigenvalue weighted by atomic mass is 10.1. The third kappa shape index (κ3) is 5.83. The number of hydrogen-bond acceptors (Lipinski definition) is 4. The number of imidazole rings is 1. The first kappa shape index (κ1) is 22.6. The van der Waals surface area contributed by atoms with E-state index in [-0.39, 0.29) is 24.3 Å². The maximum Gasteiger partial charge on any atom is 0.234 e. The Labute approximate surface area is 192 Å². The Bertz CT molecular complexity index is 1210. The van der Waals surface area contributed by atoms with Gasteiger partial charge in [0.25, 0.3) is 0 Å². The number of fused-ring (bicyclic) bond motifs is 1. The minimum Gasteiger partial charge on any atom is -0.380 e. The number of methoxy groups -OCH3 is 1. The molecule has 2 N–H and O–H groups in total. The van der Waals surface area contributed by atoms with Crippen LogP contribution in [0.1, 0.15) is 22.7 Å². The highest BCUT2D eigenvalue weighted by Crippen LogP contribution is 2.20. The molecule has 0 aliphatic rings. The molecule has 0 saturated carbocycles. The van der Waals surface area contributed by atoms with Gasteiger partial charge in [-0.2, -0.15) is 0 Å². The van der Waals surface area contributed by atoms with Crippen LogP contribution in [0.2, 0.25) is 0 Å². The van der Waals surface area contributed by atoms with Gasteiger partial charge in [-0.3, -0.25) is 10.1 Å². The second kappa shape index (κ2) is 10.8. The van der Waals surface area contributed by atoms with E-state index in [1.165, 1.54) is 12.1 Å². The molecule has 0 unspecified atom stereocenters. The fourth-order valence-electron chi connectivity index (χ4n) is 3.83. The molecule has 0 bridgehead atoms. The summed E-state index contributed by atoms with van der Waals surface area (Å²) in [6.07, 6.45) is 1.79. The molecule has 0 radical (unpaired) electrons. The highest BCUT2D eigenvalue weighted by molar-refractivity contribution is 5.78. The number of aromatic nitrogens is 2. The van der Waals surface area contributed by atoms with Crippen molar-refractivity contribution in [1.29, 1.82) is 0 Å². The summed E-state index contributed by atoms with van der Waals surface area (Å²) in [7, 11) is 1.65. The van der Waals surface area contributed by atoms with E-state index in [1.54, 1.807) is 25.6 Å². The molecule has 170 valence electrons. The minimum atomic E-state index is -0.293. The Kier molecular flexibility index (Phi) is 7.44. The number of ether oxygens (including phenoxy) is 1. The van der Waals surface area contributed by atoms with Crippen molar-refractivity contribution in [2.75, 3.05) is 13.7 Å². The summed E-state index contributed by atoms with van der Waals surface area (Å²) >= 11 is 0. The van der Waals surface area contributed by atoms with Crippen LogP contribution in [-0.4, -0.2) is 29.1 Å². The molecule has 3 aromatic carbocycles. The second-order valence-corrected chi connectivity index (χ2v) is 7.85. The summed E-state index contributed by atoms with van der Waals surface area (Å²) in [5.41, 5.74) is 4.87. The lowest BCUT2D eigenvalue weighted by Gasteiger charge is -2.20. The van der Waals surface area contributed by atoms with Crippen LogP contribution in [-0.2, 0) is 29.2 Å². The van der Waals surface area contributed by atoms with Gasteiger partial charge in [0, 0.05) is 20.2 Å². The monoisotopic (exact) mass is 446 g/mol. The van der Waals surface area contributed by atoms with E-state index < -0.39 is 0 Å². The first-order valence-electron chi connectivity index (χ1n) is 10.8. The Balaban J connectivity index is 1.43. The van der Waals surface area contributed by atoms with Crippen LogP contribution in [0, 0.1) is 5.82 Å². The summed E-state index contributed by atoms with van der Waals surface area (Å²) < 4.78 is 20.8. The Morgan fingerprint density at radius 2 is 1.76 bits per heavy atom. The summed E-state index contributed by atoms with van der Waals surface area (Å²) in [6.45, 7) is 1.60. The SMILES string of the molecule is COCc1ccccc1CNC(=O)CN[C@@H](Cn1cnc2ccccc21)c1ccc(F)cc1. The average Bonchev–Trinajstić information content (AvgIpc) is 3.25. The largest absolute Gasteiger partial charge is 0.380 e. The molecule has 1 aromatic heterocycles. The van der Waals surface area contributed by atoms with E-state index in [4.69, 9.17) is 4.74 Å². The lowest BCUT2D eigenvalue weighted by molar-refractivity contribution is -0.120. The first-order chi connectivity index (χ1) is 16.1. The predicted molar refractivity (Wildman–Crippen MR) is 126 cm³/mol. The number of amides is 1. The summed E-state index contributed by atoms with van der Waals surface area (Å²) in [4.78, 5) is 17.1. The topological polar surface area (TPSA) is 68.2 Å². The Hall–Kier alpha value is -3.55. The van der Waals surface area contributed by atoms with E-state index in [0.29, 0.717) is 19.7 Å². The number of carbonyl (C=O) groups is 1. The molecule has 6 nitrogen and oxygen atoms in total. The van der Waals surface area contributed by atoms with E-state index >= 15 is 0 Å². The van der Waals surface area contributed by atoms with Gasteiger partial charge in [0.2, 0.25) is 5.91 Å². The minimum absolute atomic E-state index is 0.121. The molecule has 0 fully saturated rings. The molecule has 4 aromatic rings. The highest BCUT2D eigenvalue weighted by atomic mass is 19.1. The number of benzene rings is 3. The quantitative estimate of drug-likeness (QED) is 0.387. The maximum absolute atomic E-state index is 13.5. The third-order valence-electron chi connectivity index (χ3n) is 5.58. The Morgan fingerprint density at radius 3 is 2.55 bits per heavy atom. The van der Waals surface area contributed by atoms with Gasteiger partial charge in [-0.1, -0.05) is 48.5 Å². The van der Waals surface area contributed by atoms with Gasteiger partial charge in [-0.25, -0.2) is 9.37 Å². The smallest absolute Gasteiger partial charge is 0.234 e. The lowest BCUT2D eigenvalue weighted by Crippen LogP contribution is -2.36. The first-order valence-corrected chi connectivity index (χ1v) is 10.8. The standard InChI is InChI=1S/C26H27FN4O2/c1-33-17-21-7-3-2-6-20(21)14-29-26(32)15-28-24(19-10-12-22(27)13-11-19)16-31-18-30-23-8-4-5-9-25(23)31/h2-13,18,24,28H,14-17H2,1H3,(H,29,32)/t24-/m0/s1. The molecule has 7 heteroatoms. The van der Waals surface area contributed by atoms with Crippen LogP contribution in [0.25, 0.3) is 11.0 Å². The van der Waals surface area contributed by atoms with Crippen LogP contribution in [0.5, 0.6) is 0 Å². The number of para-hydroxylation sites is 2. The van der Waals surface area contributed by atoms with Gasteiger partial charge < -0.3 is 14.6 Å². The van der Waals surface area contributed by atoms with Gasteiger partial charge in [-0.05, 0) is 41.0 Å². The fraction of sp³-hybridized carbons (Fsp3) is 0.231. The molecule has 0 spiro atoms. The van der Waals surface area contributed by atoms with E-state index in [0.717, 1.165) is 27.7 Å².